The second kappa shape index (κ2) is 27.7. The normalized spacial score (nSPS) is 26.1. The topological polar surface area (TPSA) is 386 Å². The summed E-state index contributed by atoms with van der Waals surface area (Å²) in [6, 6.07) is -9.67. The fourth-order valence-electron chi connectivity index (χ4n) is 12.4. The Kier molecular flexibility index (Phi) is 21.1. The summed E-state index contributed by atoms with van der Waals surface area (Å²) in [7, 11) is 5.56. The molecule has 0 bridgehead atoms. The molecule has 6 aliphatic rings. The molecule has 5 heterocycles. The fraction of sp³-hybridized carbons (Fsp3) is 0.613. The largest absolute Gasteiger partial charge is 0.458 e. The number of nitrogens with two attached hydrogens (primary N) is 2. The Hall–Kier alpha value is -8.92. The van der Waals surface area contributed by atoms with E-state index in [2.05, 4.69) is 21.3 Å². The standard InChI is InChI=1S/C62H87N13O16/c1-26(2)42-59(85)74-21-17-19-36(74)57(83)70(13)24-38(76)72(15)48(28(5)6)61(87)89-32(11)44(55(81)66-42)68-53(79)34-23-35(63)30(9)51-46(34)65-47-40(41(64)50(78)31(10)52(47)91-51)54(80)69-45-33(12)90-62(88)49(29(7)8)73(16)39(77)25-71(14)58(84)37-20-18-22-75(37)60(86)43(27(3)4)67-56(45)82/h23,26-29,32-33,36-37,42-45,48-49H,17-22,24-25,63-64H2,1-16H3,(H,66,81)(H,67,82)(H,68,79)(H,69,80)/t32-,33-,36-,37-,42-,43-,44-,45-,48-,49-/m0/s1. The van der Waals surface area contributed by atoms with Crippen LogP contribution < -0.4 is 38.2 Å². The second-order valence-corrected chi connectivity index (χ2v) is 25.8. The van der Waals surface area contributed by atoms with Gasteiger partial charge in [0.15, 0.2) is 11.3 Å². The van der Waals surface area contributed by atoms with Gasteiger partial charge in [-0.15, -0.1) is 0 Å². The third-order valence-corrected chi connectivity index (χ3v) is 17.7. The number of aromatic nitrogens is 1. The summed E-state index contributed by atoms with van der Waals surface area (Å²) in [5, 5.41) is 10.6. The third-order valence-electron chi connectivity index (χ3n) is 17.7. The van der Waals surface area contributed by atoms with Gasteiger partial charge in [0.2, 0.25) is 52.7 Å². The molecule has 29 heteroatoms. The Labute approximate surface area is 527 Å². The van der Waals surface area contributed by atoms with Crippen LogP contribution in [0.5, 0.6) is 0 Å². The Morgan fingerprint density at radius 2 is 1.02 bits per heavy atom. The van der Waals surface area contributed by atoms with Crippen molar-refractivity contribution in [1.29, 1.82) is 0 Å². The highest BCUT2D eigenvalue weighted by Gasteiger charge is 2.47. The first-order valence-corrected chi connectivity index (χ1v) is 30.7. The van der Waals surface area contributed by atoms with Gasteiger partial charge in [0.1, 0.15) is 71.8 Å². The first-order valence-electron chi connectivity index (χ1n) is 30.7. The molecule has 0 unspecified atom stereocenters. The number of aryl methyl sites for hydroxylation is 1. The minimum atomic E-state index is -1.90. The highest BCUT2D eigenvalue weighted by molar-refractivity contribution is 6.11. The van der Waals surface area contributed by atoms with E-state index in [-0.39, 0.29) is 59.6 Å². The zero-order valence-corrected chi connectivity index (χ0v) is 54.6. The fourth-order valence-corrected chi connectivity index (χ4v) is 12.4. The van der Waals surface area contributed by atoms with Crippen molar-refractivity contribution in [1.82, 2.24) is 55.7 Å². The van der Waals surface area contributed by atoms with Crippen LogP contribution in [0.4, 0.5) is 11.4 Å². The number of nitrogen functional groups attached to an aromatic ring is 2. The molecular formula is C62H87N13O16. The van der Waals surface area contributed by atoms with Gasteiger partial charge in [-0.3, -0.25) is 52.7 Å². The van der Waals surface area contributed by atoms with Crippen LogP contribution in [-0.2, 0) is 57.4 Å². The van der Waals surface area contributed by atoms with Gasteiger partial charge < -0.3 is 76.0 Å². The van der Waals surface area contributed by atoms with Gasteiger partial charge in [-0.25, -0.2) is 14.6 Å². The van der Waals surface area contributed by atoms with Crippen molar-refractivity contribution in [3.8, 4) is 11.5 Å². The molecule has 4 fully saturated rings. The van der Waals surface area contributed by atoms with Crippen molar-refractivity contribution in [3.63, 3.8) is 0 Å². The van der Waals surface area contributed by atoms with Crippen molar-refractivity contribution in [2.75, 3.05) is 65.8 Å². The number of amides is 10. The van der Waals surface area contributed by atoms with Crippen LogP contribution in [0.2, 0.25) is 0 Å². The quantitative estimate of drug-likeness (QED) is 0.100. The minimum Gasteiger partial charge on any atom is -0.458 e. The van der Waals surface area contributed by atoms with Crippen LogP contribution in [-0.4, -0.2) is 220 Å². The summed E-state index contributed by atoms with van der Waals surface area (Å²) in [6.45, 7) is 18.1. The molecule has 4 saturated heterocycles. The number of nitrogens with zero attached hydrogens (tertiary/aromatic N) is 7. The Morgan fingerprint density at radius 3 is 1.43 bits per heavy atom. The van der Waals surface area contributed by atoms with Gasteiger partial charge in [0, 0.05) is 58.1 Å². The van der Waals surface area contributed by atoms with Crippen molar-refractivity contribution >= 4 is 93.5 Å². The number of fused-ring (bicyclic) bond motifs is 4. The van der Waals surface area contributed by atoms with Crippen molar-refractivity contribution in [2.24, 2.45) is 23.7 Å². The number of hydrogen-bond donors (Lipinski definition) is 6. The average Bonchev–Trinajstić information content (AvgIpc) is 1.33. The monoisotopic (exact) mass is 1270 g/mol. The van der Waals surface area contributed by atoms with Crippen LogP contribution in [0.15, 0.2) is 15.3 Å². The Bertz CT molecular complexity index is 3470. The van der Waals surface area contributed by atoms with Gasteiger partial charge in [-0.05, 0) is 83.1 Å². The molecule has 10 atom stereocenters. The lowest BCUT2D eigenvalue weighted by molar-refractivity contribution is -0.163. The molecule has 0 spiro atoms. The number of benzene rings is 2. The van der Waals surface area contributed by atoms with Crippen molar-refractivity contribution in [2.45, 2.75) is 169 Å². The molecule has 5 aliphatic heterocycles. The second-order valence-electron chi connectivity index (χ2n) is 25.8. The van der Waals surface area contributed by atoms with Crippen LogP contribution in [0, 0.1) is 37.5 Å². The van der Waals surface area contributed by atoms with E-state index in [0.717, 1.165) is 9.80 Å². The van der Waals surface area contributed by atoms with E-state index in [4.69, 9.17) is 30.3 Å². The summed E-state index contributed by atoms with van der Waals surface area (Å²) in [5.41, 5.74) is 9.45. The van der Waals surface area contributed by atoms with Crippen LogP contribution >= 0.6 is 0 Å². The maximum absolute atomic E-state index is 15.2. The molecule has 0 aromatic heterocycles. The first-order chi connectivity index (χ1) is 42.5. The number of nitrogens with one attached hydrogen (secondary N) is 4. The molecular weight excluding hydrogens is 1180 g/mol. The lowest BCUT2D eigenvalue weighted by atomic mass is 9.98. The number of hydrogen-bond acceptors (Lipinski definition) is 19. The molecule has 0 saturated carbocycles. The van der Waals surface area contributed by atoms with E-state index in [1.165, 1.54) is 81.6 Å². The SMILES string of the molecule is Cc1c2oc3c(C)c(N)cc(C(=O)N[C@@H]4C(=O)N[C@@H](C(C)C)C(=O)N5CCC[C@H]5C(=O)N(C)CC(=O)N(C)[C@@H](C(C)C)C(=O)O[C@H]4C)c3nc-2c(C(=O)N[C@@H]2C(=O)N[C@@H](C(C)C)C(=O)N3CCC[C@H]3C(=O)N(C)CC(=O)N(C)[C@@H](C(C)C)C(=O)O[C@H]2C)c(N)c1=O. The molecule has 0 radical (unpaired) electrons. The Morgan fingerprint density at radius 1 is 0.604 bits per heavy atom. The molecule has 1 aromatic rings. The summed E-state index contributed by atoms with van der Waals surface area (Å²) in [5.74, 6) is -12.7. The molecule has 8 N–H and O–H groups in total. The van der Waals surface area contributed by atoms with Crippen LogP contribution in [0.25, 0.3) is 22.6 Å². The predicted octanol–water partition coefficient (Wildman–Crippen LogP) is 0.308. The number of carbonyl (C=O) groups excluding carboxylic acids is 12. The molecule has 7 rings (SSSR count). The van der Waals surface area contributed by atoms with Gasteiger partial charge in [0.05, 0.1) is 29.9 Å². The number of carbonyl (C=O) groups is 12. The minimum absolute atomic E-state index is 0.0571. The predicted molar refractivity (Wildman–Crippen MR) is 330 cm³/mol. The summed E-state index contributed by atoms with van der Waals surface area (Å²) < 4.78 is 18.3. The van der Waals surface area contributed by atoms with E-state index in [1.807, 2.05) is 0 Å². The van der Waals surface area contributed by atoms with Gasteiger partial charge in [-0.2, -0.15) is 0 Å². The average molecular weight is 1270 g/mol. The first kappa shape index (κ1) is 69.6. The molecule has 91 heavy (non-hydrogen) atoms. The third kappa shape index (κ3) is 13.9. The molecule has 1 aliphatic carbocycles. The highest BCUT2D eigenvalue weighted by Crippen LogP contribution is 2.37. The molecule has 1 aromatic carbocycles. The lowest BCUT2D eigenvalue weighted by Gasteiger charge is -2.36. The van der Waals surface area contributed by atoms with E-state index in [1.54, 1.807) is 55.4 Å². The van der Waals surface area contributed by atoms with E-state index in [9.17, 15) is 52.7 Å². The zero-order chi connectivity index (χ0) is 67.8. The molecule has 496 valence electrons. The van der Waals surface area contributed by atoms with Crippen LogP contribution in [0.3, 0.4) is 0 Å². The zero-order valence-electron chi connectivity index (χ0n) is 54.6. The van der Waals surface area contributed by atoms with Gasteiger partial charge in [-0.1, -0.05) is 55.4 Å². The van der Waals surface area contributed by atoms with Gasteiger partial charge >= 0.3 is 11.9 Å². The summed E-state index contributed by atoms with van der Waals surface area (Å²) in [6.07, 6.45) is -1.74. The Balaban J connectivity index is 1.34. The number of anilines is 2. The molecule has 29 nitrogen and oxygen atoms in total. The van der Waals surface area contributed by atoms with Crippen molar-refractivity contribution < 1.29 is 71.4 Å². The number of esters is 2. The maximum atomic E-state index is 15.2. The summed E-state index contributed by atoms with van der Waals surface area (Å²) >= 11 is 0. The van der Waals surface area contributed by atoms with E-state index < -0.39 is 196 Å². The lowest BCUT2D eigenvalue weighted by Crippen LogP contribution is -2.61. The smallest absolute Gasteiger partial charge is 0.329 e. The highest BCUT2D eigenvalue weighted by atomic mass is 16.6. The van der Waals surface area contributed by atoms with Gasteiger partial charge in [0.25, 0.3) is 11.8 Å². The number of ether oxygens (including phenoxy) is 2. The number of rotatable bonds is 8. The van der Waals surface area contributed by atoms with E-state index >= 15 is 9.59 Å². The van der Waals surface area contributed by atoms with Crippen LogP contribution in [0.1, 0.15) is 127 Å². The van der Waals surface area contributed by atoms with Crippen molar-refractivity contribution in [3.05, 3.63) is 38.5 Å². The van der Waals surface area contributed by atoms with E-state index in [0.29, 0.717) is 12.8 Å². The maximum Gasteiger partial charge on any atom is 0.329 e. The number of cyclic esters (lactones) is 2. The summed E-state index contributed by atoms with van der Waals surface area (Å²) in [4.78, 5) is 200. The molecule has 10 amide bonds. The number of likely N-dealkylation sites (N-methyl/N-ethyl adjacent to an activating group) is 4.